The van der Waals surface area contributed by atoms with Crippen LogP contribution in [0.5, 0.6) is 0 Å². The fourth-order valence-electron chi connectivity index (χ4n) is 4.28. The highest BCUT2D eigenvalue weighted by Crippen LogP contribution is 2.23. The maximum absolute atomic E-state index is 8.54. The van der Waals surface area contributed by atoms with Crippen molar-refractivity contribution in [1.29, 1.82) is 0 Å². The van der Waals surface area contributed by atoms with Gasteiger partial charge < -0.3 is 60.1 Å². The number of aliphatic hydroxyl groups is 1. The van der Waals surface area contributed by atoms with Gasteiger partial charge >= 0.3 is 17.1 Å². The summed E-state index contributed by atoms with van der Waals surface area (Å²) in [6.45, 7) is 33.7. The van der Waals surface area contributed by atoms with Gasteiger partial charge in [0.15, 0.2) is 16.6 Å². The topological polar surface area (TPSA) is 131 Å². The van der Waals surface area contributed by atoms with Crippen LogP contribution in [0.25, 0.3) is 0 Å². The SMILES string of the molecule is C.C.C.C.C.CCCCOCCOCCOCCOCCOCCOCCOCCOCCOCCO.C[Si](C)(C)O[Si](C)(C)O[Si](C)(C)O[Si](C)(C)C. The smallest absolute Gasteiger partial charge is 0.312 e. The van der Waals surface area contributed by atoms with Gasteiger partial charge in [0.05, 0.1) is 119 Å². The highest BCUT2D eigenvalue weighted by atomic mass is 28.5. The normalized spacial score (nSPS) is 11.6. The monoisotopic (exact) mass is 861 g/mol. The van der Waals surface area contributed by atoms with Crippen molar-refractivity contribution in [3.8, 4) is 0 Å². The summed E-state index contributed by atoms with van der Waals surface area (Å²) in [7, 11) is -7.18. The highest BCUT2D eigenvalue weighted by Gasteiger charge is 2.41. The van der Waals surface area contributed by atoms with E-state index in [-0.39, 0.29) is 43.7 Å². The van der Waals surface area contributed by atoms with Gasteiger partial charge in [-0.25, -0.2) is 0 Å². The zero-order valence-corrected chi connectivity index (χ0v) is 37.2. The molecule has 0 aromatic carbocycles. The van der Waals surface area contributed by atoms with E-state index in [1.165, 1.54) is 0 Å². The molecule has 0 aliphatic carbocycles. The van der Waals surface area contributed by atoms with E-state index >= 15 is 0 Å². The van der Waals surface area contributed by atoms with Crippen LogP contribution in [0.4, 0.5) is 0 Å². The molecule has 0 aromatic heterocycles. The van der Waals surface area contributed by atoms with E-state index in [9.17, 15) is 0 Å². The molecule has 0 amide bonds. The largest absolute Gasteiger partial charge is 0.437 e. The van der Waals surface area contributed by atoms with Crippen LogP contribution in [0.1, 0.15) is 56.9 Å². The average molecular weight is 862 g/mol. The van der Waals surface area contributed by atoms with Crippen LogP contribution in [0.15, 0.2) is 0 Å². The standard InChI is InChI=1S/C22H46O10.C10H30O3Si4.5CH4/c1-2-3-5-24-7-9-26-11-13-28-15-17-30-19-21-32-22-20-31-18-16-29-14-12-27-10-8-25-6-4-23;1-14(2,3)11-16(7,8)13-17(9,10)12-15(4,5)6;;;;;/h23H,2-22H2,1H3;1-10H3;5*1H4. The second kappa shape index (κ2) is 44.5. The molecular formula is C37H96O13Si4. The Hall–Kier alpha value is 0.348. The summed E-state index contributed by atoms with van der Waals surface area (Å²) in [5, 5.41) is 8.54. The van der Waals surface area contributed by atoms with Crippen molar-refractivity contribution in [3.63, 3.8) is 0 Å². The first kappa shape index (κ1) is 69.0. The molecule has 17 heteroatoms. The van der Waals surface area contributed by atoms with Crippen LogP contribution in [-0.4, -0.2) is 164 Å². The van der Waals surface area contributed by atoms with Crippen molar-refractivity contribution < 1.29 is 60.1 Å². The molecule has 0 saturated heterocycles. The maximum atomic E-state index is 8.54. The lowest BCUT2D eigenvalue weighted by Gasteiger charge is -2.39. The van der Waals surface area contributed by atoms with Gasteiger partial charge in [0.2, 0.25) is 0 Å². The van der Waals surface area contributed by atoms with E-state index in [1.807, 2.05) is 0 Å². The minimum Gasteiger partial charge on any atom is -0.437 e. The van der Waals surface area contributed by atoms with Crippen LogP contribution in [0.2, 0.25) is 65.5 Å². The summed E-state index contributed by atoms with van der Waals surface area (Å²) in [6, 6.07) is 0. The lowest BCUT2D eigenvalue weighted by atomic mass is 10.4. The molecule has 0 atom stereocenters. The molecule has 0 fully saturated rings. The van der Waals surface area contributed by atoms with Gasteiger partial charge in [-0.3, -0.25) is 0 Å². The number of aliphatic hydroxyl groups excluding tert-OH is 1. The molecule has 338 valence electrons. The lowest BCUT2D eigenvalue weighted by Crippen LogP contribution is -2.55. The van der Waals surface area contributed by atoms with Gasteiger partial charge in [0.25, 0.3) is 0 Å². The minimum atomic E-state index is -2.05. The predicted octanol–water partition coefficient (Wildman–Crippen LogP) is 8.22. The first-order valence-corrected chi connectivity index (χ1v) is 30.4. The fraction of sp³-hybridized carbons (Fsp3) is 1.00. The van der Waals surface area contributed by atoms with E-state index in [4.69, 9.17) is 60.1 Å². The Morgan fingerprint density at radius 1 is 0.315 bits per heavy atom. The van der Waals surface area contributed by atoms with E-state index in [0.29, 0.717) is 112 Å². The molecule has 0 saturated carbocycles. The van der Waals surface area contributed by atoms with Gasteiger partial charge in [-0.2, -0.15) is 0 Å². The number of rotatable bonds is 35. The Balaban J connectivity index is -0.000000173. The first-order valence-electron chi connectivity index (χ1n) is 17.9. The molecule has 13 nitrogen and oxygen atoms in total. The third-order valence-corrected chi connectivity index (χ3v) is 18.2. The van der Waals surface area contributed by atoms with Crippen LogP contribution in [0.3, 0.4) is 0 Å². The van der Waals surface area contributed by atoms with Crippen molar-refractivity contribution >= 4 is 33.8 Å². The molecule has 0 spiro atoms. The van der Waals surface area contributed by atoms with Crippen LogP contribution in [0, 0.1) is 0 Å². The average Bonchev–Trinajstić information content (AvgIpc) is 2.95. The summed E-state index contributed by atoms with van der Waals surface area (Å²) in [4.78, 5) is 0. The fourth-order valence-corrected chi connectivity index (χ4v) is 21.9. The molecule has 0 bridgehead atoms. The molecular weight excluding hydrogens is 765 g/mol. The number of ether oxygens (including phenoxy) is 9. The highest BCUT2D eigenvalue weighted by molar-refractivity contribution is 6.89. The second-order valence-electron chi connectivity index (χ2n) is 13.9. The van der Waals surface area contributed by atoms with Gasteiger partial charge in [-0.1, -0.05) is 50.5 Å². The first-order chi connectivity index (χ1) is 23.0. The third kappa shape index (κ3) is 61.6. The van der Waals surface area contributed by atoms with E-state index in [0.717, 1.165) is 19.4 Å². The van der Waals surface area contributed by atoms with Crippen molar-refractivity contribution in [2.24, 2.45) is 0 Å². The molecule has 54 heavy (non-hydrogen) atoms. The molecule has 0 aliphatic heterocycles. The number of hydrogen-bond donors (Lipinski definition) is 1. The van der Waals surface area contributed by atoms with Crippen LogP contribution in [-0.2, 0) is 55.0 Å². The summed E-state index contributed by atoms with van der Waals surface area (Å²) in [5.41, 5.74) is 0. The van der Waals surface area contributed by atoms with Gasteiger partial charge in [0.1, 0.15) is 0 Å². The zero-order valence-electron chi connectivity index (χ0n) is 33.2. The molecule has 0 aromatic rings. The predicted molar refractivity (Wildman–Crippen MR) is 238 cm³/mol. The van der Waals surface area contributed by atoms with Crippen molar-refractivity contribution in [1.82, 2.24) is 0 Å². The second-order valence-corrected chi connectivity index (χ2v) is 30.4. The van der Waals surface area contributed by atoms with E-state index in [1.54, 1.807) is 0 Å². The quantitative estimate of drug-likeness (QED) is 0.0486. The molecule has 0 radical (unpaired) electrons. The maximum Gasteiger partial charge on any atom is 0.312 e. The van der Waals surface area contributed by atoms with Gasteiger partial charge in [-0.05, 0) is 71.9 Å². The molecule has 0 unspecified atom stereocenters. The molecule has 0 aliphatic rings. The summed E-state index contributed by atoms with van der Waals surface area (Å²) >= 11 is 0. The van der Waals surface area contributed by atoms with Crippen molar-refractivity contribution in [3.05, 3.63) is 0 Å². The summed E-state index contributed by atoms with van der Waals surface area (Å²) in [5.74, 6) is 0. The zero-order chi connectivity index (χ0) is 37.3. The minimum absolute atomic E-state index is 0. The Labute approximate surface area is 340 Å². The summed E-state index contributed by atoms with van der Waals surface area (Å²) in [6.07, 6.45) is 2.25. The lowest BCUT2D eigenvalue weighted by molar-refractivity contribution is -0.0255. The Kier molecular flexibility index (Phi) is 56.8. The Morgan fingerprint density at radius 3 is 0.704 bits per heavy atom. The molecule has 1 N–H and O–H groups in total. The van der Waals surface area contributed by atoms with Gasteiger partial charge in [0, 0.05) is 6.61 Å². The van der Waals surface area contributed by atoms with Crippen molar-refractivity contribution in [2.45, 2.75) is 122 Å². The van der Waals surface area contributed by atoms with Gasteiger partial charge in [-0.15, -0.1) is 0 Å². The number of hydrogen-bond acceptors (Lipinski definition) is 13. The number of unbranched alkanes of at least 4 members (excludes halogenated alkanes) is 1. The van der Waals surface area contributed by atoms with E-state index in [2.05, 4.69) is 72.4 Å². The Morgan fingerprint density at radius 2 is 0.519 bits per heavy atom. The van der Waals surface area contributed by atoms with Crippen LogP contribution < -0.4 is 0 Å². The summed E-state index contributed by atoms with van der Waals surface area (Å²) < 4.78 is 67.0. The Bertz CT molecular complexity index is 644. The van der Waals surface area contributed by atoms with Crippen molar-refractivity contribution in [2.75, 3.05) is 126 Å². The molecule has 0 rings (SSSR count). The van der Waals surface area contributed by atoms with Crippen LogP contribution >= 0.6 is 0 Å². The molecule has 0 heterocycles. The third-order valence-electron chi connectivity index (χ3n) is 5.45. The van der Waals surface area contributed by atoms with E-state index < -0.39 is 33.8 Å².